The Hall–Kier alpha value is -4.14. The van der Waals surface area contributed by atoms with Crippen molar-refractivity contribution in [3.8, 4) is 0 Å². The van der Waals surface area contributed by atoms with Gasteiger partial charge in [-0.3, -0.25) is 19.2 Å². The number of ketones is 2. The summed E-state index contributed by atoms with van der Waals surface area (Å²) in [4.78, 5) is 68.6. The van der Waals surface area contributed by atoms with E-state index in [0.29, 0.717) is 5.56 Å². The Morgan fingerprint density at radius 2 is 1.50 bits per heavy atom. The van der Waals surface area contributed by atoms with E-state index in [1.807, 2.05) is 0 Å². The average Bonchev–Trinajstić information content (AvgIpc) is 3.49. The maximum atomic E-state index is 13.9. The second-order valence-electron chi connectivity index (χ2n) is 9.29. The minimum Gasteiger partial charge on any atom is -0.462 e. The van der Waals surface area contributed by atoms with E-state index in [1.54, 1.807) is 49.4 Å². The van der Waals surface area contributed by atoms with Crippen molar-refractivity contribution in [1.29, 1.82) is 0 Å². The van der Waals surface area contributed by atoms with Crippen LogP contribution in [0.25, 0.3) is 0 Å². The number of esters is 1. The zero-order valence-corrected chi connectivity index (χ0v) is 20.8. The summed E-state index contributed by atoms with van der Waals surface area (Å²) in [7, 11) is 0. The van der Waals surface area contributed by atoms with Crippen molar-refractivity contribution in [1.82, 2.24) is 0 Å². The highest BCUT2D eigenvalue weighted by molar-refractivity contribution is 6.39. The van der Waals surface area contributed by atoms with E-state index in [9.17, 15) is 24.0 Å². The number of hydrogen-bond donors (Lipinski definition) is 0. The summed E-state index contributed by atoms with van der Waals surface area (Å²) < 4.78 is 11.3. The molecule has 9 heteroatoms. The predicted octanol–water partition coefficient (Wildman–Crippen LogP) is 4.21. The van der Waals surface area contributed by atoms with Gasteiger partial charge < -0.3 is 9.47 Å². The minimum absolute atomic E-state index is 0.144. The van der Waals surface area contributed by atoms with Crippen LogP contribution >= 0.6 is 11.6 Å². The summed E-state index contributed by atoms with van der Waals surface area (Å²) in [5.74, 6) is -5.74. The monoisotopic (exact) mass is 529 g/mol. The number of Topliss-reactive ketones (excluding diaryl/α,β-unsaturated/α-hetero) is 2. The van der Waals surface area contributed by atoms with Gasteiger partial charge in [-0.1, -0.05) is 60.1 Å². The van der Waals surface area contributed by atoms with Crippen LogP contribution in [0.4, 0.5) is 5.69 Å². The Morgan fingerprint density at radius 1 is 0.895 bits per heavy atom. The van der Waals surface area contributed by atoms with Crippen LogP contribution in [0.5, 0.6) is 0 Å². The predicted molar refractivity (Wildman–Crippen MR) is 135 cm³/mol. The molecule has 2 amide bonds. The van der Waals surface area contributed by atoms with E-state index in [1.165, 1.54) is 30.3 Å². The second kappa shape index (κ2) is 8.72. The number of para-hydroxylation sites is 1. The van der Waals surface area contributed by atoms with Gasteiger partial charge in [-0.15, -0.1) is 0 Å². The number of imide groups is 1. The first-order valence-corrected chi connectivity index (χ1v) is 12.4. The molecule has 2 saturated heterocycles. The van der Waals surface area contributed by atoms with Crippen LogP contribution in [-0.4, -0.2) is 41.6 Å². The normalized spacial score (nSPS) is 23.2. The van der Waals surface area contributed by atoms with Crippen molar-refractivity contribution in [3.05, 3.63) is 100 Å². The van der Waals surface area contributed by atoms with Crippen LogP contribution in [0.3, 0.4) is 0 Å². The third kappa shape index (κ3) is 3.17. The molecule has 1 spiro atoms. The third-order valence-electron chi connectivity index (χ3n) is 7.36. The van der Waals surface area contributed by atoms with E-state index in [-0.39, 0.29) is 34.0 Å². The number of benzene rings is 3. The lowest BCUT2D eigenvalue weighted by Gasteiger charge is -2.27. The van der Waals surface area contributed by atoms with Gasteiger partial charge in [-0.2, -0.15) is 0 Å². The minimum atomic E-state index is -2.19. The SMILES string of the molecule is CCOC(=O)c1ccc([C@H]2OC3(C(=O)c4ccccc4C3=O)[C@@H]3C(=O)N(c4ccccc4Cl)C(=O)[C@@H]23)cc1. The second-order valence-corrected chi connectivity index (χ2v) is 9.69. The summed E-state index contributed by atoms with van der Waals surface area (Å²) in [6.07, 6.45) is -1.11. The zero-order chi connectivity index (χ0) is 26.8. The molecule has 8 nitrogen and oxygen atoms in total. The number of halogens is 1. The Morgan fingerprint density at radius 3 is 2.11 bits per heavy atom. The van der Waals surface area contributed by atoms with Gasteiger partial charge in [0.25, 0.3) is 0 Å². The van der Waals surface area contributed by atoms with Crippen LogP contribution in [0.15, 0.2) is 72.8 Å². The lowest BCUT2D eigenvalue weighted by atomic mass is 9.77. The first-order valence-electron chi connectivity index (χ1n) is 12.1. The molecular weight excluding hydrogens is 510 g/mol. The van der Waals surface area contributed by atoms with E-state index < -0.39 is 52.9 Å². The van der Waals surface area contributed by atoms with Crippen LogP contribution in [0, 0.1) is 11.8 Å². The van der Waals surface area contributed by atoms with Crippen LogP contribution in [0.1, 0.15) is 49.7 Å². The van der Waals surface area contributed by atoms with Crippen molar-refractivity contribution in [2.75, 3.05) is 11.5 Å². The molecule has 6 rings (SSSR count). The fourth-order valence-electron chi connectivity index (χ4n) is 5.71. The molecule has 2 fully saturated rings. The van der Waals surface area contributed by atoms with Crippen LogP contribution in [-0.2, 0) is 19.1 Å². The first kappa shape index (κ1) is 24.2. The number of anilines is 1. The topological polar surface area (TPSA) is 107 Å². The number of carbonyl (C=O) groups excluding carboxylic acids is 5. The Kier molecular flexibility index (Phi) is 5.55. The lowest BCUT2D eigenvalue weighted by Crippen LogP contribution is -2.51. The number of ether oxygens (including phenoxy) is 2. The molecule has 3 atom stereocenters. The van der Waals surface area contributed by atoms with E-state index in [4.69, 9.17) is 21.1 Å². The lowest BCUT2D eigenvalue weighted by molar-refractivity contribution is -0.127. The van der Waals surface area contributed by atoms with Crippen LogP contribution in [0.2, 0.25) is 5.02 Å². The summed E-state index contributed by atoms with van der Waals surface area (Å²) in [6.45, 7) is 1.90. The Balaban J connectivity index is 1.50. The summed E-state index contributed by atoms with van der Waals surface area (Å²) >= 11 is 6.34. The molecular formula is C29H20ClNO7. The molecule has 0 bridgehead atoms. The molecule has 0 aromatic heterocycles. The molecule has 3 aromatic rings. The average molecular weight is 530 g/mol. The van der Waals surface area contributed by atoms with Crippen molar-refractivity contribution < 1.29 is 33.4 Å². The third-order valence-corrected chi connectivity index (χ3v) is 7.68. The Bertz CT molecular complexity index is 1510. The number of rotatable bonds is 4. The largest absolute Gasteiger partial charge is 0.462 e. The van der Waals surface area contributed by atoms with E-state index in [0.717, 1.165) is 4.90 Å². The highest BCUT2D eigenvalue weighted by Gasteiger charge is 2.74. The standard InChI is InChI=1S/C29H20ClNO7/c1-2-37-28(36)16-13-11-15(12-14-16)23-21-22(27(35)31(26(21)34)20-10-6-5-9-19(20)30)29(38-23)24(32)17-7-3-4-8-18(17)25(29)33/h3-14,21-23H,2H2,1H3/t21-,22+,23-/m1/s1. The molecule has 190 valence electrons. The molecule has 1 aliphatic carbocycles. The maximum absolute atomic E-state index is 13.9. The summed E-state index contributed by atoms with van der Waals surface area (Å²) in [6, 6.07) is 18.8. The van der Waals surface area contributed by atoms with Gasteiger partial charge in [0.15, 0.2) is 0 Å². The molecule has 2 heterocycles. The molecule has 2 aliphatic heterocycles. The smallest absolute Gasteiger partial charge is 0.338 e. The fourth-order valence-corrected chi connectivity index (χ4v) is 5.93. The van der Waals surface area contributed by atoms with Crippen molar-refractivity contribution in [2.45, 2.75) is 18.6 Å². The fraction of sp³-hybridized carbons (Fsp3) is 0.207. The van der Waals surface area contributed by atoms with Gasteiger partial charge in [0.1, 0.15) is 0 Å². The van der Waals surface area contributed by atoms with Gasteiger partial charge in [-0.25, -0.2) is 9.69 Å². The number of hydrogen-bond acceptors (Lipinski definition) is 7. The van der Waals surface area contributed by atoms with E-state index in [2.05, 4.69) is 0 Å². The number of amides is 2. The molecule has 0 unspecified atom stereocenters. The highest BCUT2D eigenvalue weighted by atomic mass is 35.5. The highest BCUT2D eigenvalue weighted by Crippen LogP contribution is 2.58. The van der Waals surface area contributed by atoms with Crippen molar-refractivity contribution >= 4 is 46.6 Å². The maximum Gasteiger partial charge on any atom is 0.338 e. The molecule has 3 aromatic carbocycles. The van der Waals surface area contributed by atoms with Crippen LogP contribution < -0.4 is 4.90 Å². The molecule has 0 N–H and O–H groups in total. The first-order chi connectivity index (χ1) is 18.3. The quantitative estimate of drug-likeness (QED) is 0.283. The molecule has 0 radical (unpaired) electrons. The molecule has 38 heavy (non-hydrogen) atoms. The molecule has 3 aliphatic rings. The zero-order valence-electron chi connectivity index (χ0n) is 20.1. The molecule has 0 saturated carbocycles. The Labute approximate surface area is 222 Å². The number of carbonyl (C=O) groups is 5. The number of fused-ring (bicyclic) bond motifs is 3. The van der Waals surface area contributed by atoms with Crippen molar-refractivity contribution in [3.63, 3.8) is 0 Å². The van der Waals surface area contributed by atoms with Gasteiger partial charge in [0, 0.05) is 11.1 Å². The summed E-state index contributed by atoms with van der Waals surface area (Å²) in [5.41, 5.74) is -1.02. The number of nitrogens with zero attached hydrogens (tertiary/aromatic N) is 1. The van der Waals surface area contributed by atoms with Crippen molar-refractivity contribution in [2.24, 2.45) is 11.8 Å². The van der Waals surface area contributed by atoms with Gasteiger partial charge in [0.2, 0.25) is 29.0 Å². The van der Waals surface area contributed by atoms with Gasteiger partial charge in [0.05, 0.1) is 40.8 Å². The van der Waals surface area contributed by atoms with E-state index >= 15 is 0 Å². The summed E-state index contributed by atoms with van der Waals surface area (Å²) in [5, 5.41) is 0.173. The van der Waals surface area contributed by atoms with Gasteiger partial charge in [-0.05, 0) is 36.8 Å². The van der Waals surface area contributed by atoms with Gasteiger partial charge >= 0.3 is 5.97 Å².